The fourth-order valence-corrected chi connectivity index (χ4v) is 2.83. The van der Waals surface area contributed by atoms with E-state index >= 15 is 0 Å². The van der Waals surface area contributed by atoms with Gasteiger partial charge >= 0.3 is 0 Å². The third-order valence-electron chi connectivity index (χ3n) is 3.17. The maximum absolute atomic E-state index is 4.46. The smallest absolute Gasteiger partial charge is 0.0897 e. The van der Waals surface area contributed by atoms with E-state index in [1.807, 2.05) is 13.1 Å². The highest BCUT2D eigenvalue weighted by atomic mass is 32.1. The zero-order valence-electron chi connectivity index (χ0n) is 10.9. The zero-order chi connectivity index (χ0) is 13.1. The molecule has 0 aliphatic rings. The van der Waals surface area contributed by atoms with Crippen molar-refractivity contribution in [2.75, 3.05) is 6.54 Å². The van der Waals surface area contributed by atoms with Crippen LogP contribution < -0.4 is 5.32 Å². The maximum Gasteiger partial charge on any atom is 0.0897 e. The van der Waals surface area contributed by atoms with Crippen molar-refractivity contribution in [3.05, 3.63) is 52.1 Å². The molecule has 19 heavy (non-hydrogen) atoms. The standard InChI is InChI=1S/C15H17N3S/c1-11-18-14(10-19-11)5-6-16-9-12-2-3-15-13(8-12)4-7-17-15/h2-4,7-8,10,16-17H,5-6,9H2,1H3. The molecule has 0 saturated heterocycles. The van der Waals surface area contributed by atoms with E-state index < -0.39 is 0 Å². The normalized spacial score (nSPS) is 11.2. The summed E-state index contributed by atoms with van der Waals surface area (Å²) >= 11 is 1.72. The first kappa shape index (κ1) is 12.4. The van der Waals surface area contributed by atoms with Crippen LogP contribution in [0, 0.1) is 6.92 Å². The summed E-state index contributed by atoms with van der Waals surface area (Å²) in [7, 11) is 0. The first-order valence-corrected chi connectivity index (χ1v) is 7.37. The van der Waals surface area contributed by atoms with Gasteiger partial charge in [-0.05, 0) is 36.1 Å². The molecule has 0 fully saturated rings. The fourth-order valence-electron chi connectivity index (χ4n) is 2.18. The number of aryl methyl sites for hydroxylation is 1. The van der Waals surface area contributed by atoms with Gasteiger partial charge in [0.25, 0.3) is 0 Å². The fraction of sp³-hybridized carbons (Fsp3) is 0.267. The van der Waals surface area contributed by atoms with Gasteiger partial charge in [-0.2, -0.15) is 0 Å². The molecule has 3 aromatic rings. The van der Waals surface area contributed by atoms with Gasteiger partial charge in [0.1, 0.15) is 0 Å². The summed E-state index contributed by atoms with van der Waals surface area (Å²) < 4.78 is 0. The number of aromatic nitrogens is 2. The number of rotatable bonds is 5. The zero-order valence-corrected chi connectivity index (χ0v) is 11.8. The van der Waals surface area contributed by atoms with Gasteiger partial charge in [0.05, 0.1) is 10.7 Å². The molecule has 0 aliphatic carbocycles. The SMILES string of the molecule is Cc1nc(CCNCc2ccc3[nH]ccc3c2)cs1. The highest BCUT2D eigenvalue weighted by Gasteiger charge is 1.99. The molecule has 0 spiro atoms. The minimum Gasteiger partial charge on any atom is -0.361 e. The number of nitrogens with one attached hydrogen (secondary N) is 2. The Bertz CT molecular complexity index is 669. The second-order valence-electron chi connectivity index (χ2n) is 4.68. The van der Waals surface area contributed by atoms with Crippen LogP contribution in [-0.4, -0.2) is 16.5 Å². The van der Waals surface area contributed by atoms with E-state index in [9.17, 15) is 0 Å². The predicted octanol–water partition coefficient (Wildman–Crippen LogP) is 3.27. The maximum atomic E-state index is 4.46. The van der Waals surface area contributed by atoms with Crippen LogP contribution in [0.4, 0.5) is 0 Å². The summed E-state index contributed by atoms with van der Waals surface area (Å²) in [4.78, 5) is 7.67. The van der Waals surface area contributed by atoms with Crippen molar-refractivity contribution in [1.82, 2.24) is 15.3 Å². The quantitative estimate of drug-likeness (QED) is 0.699. The lowest BCUT2D eigenvalue weighted by atomic mass is 10.1. The molecule has 3 rings (SSSR count). The van der Waals surface area contributed by atoms with Crippen molar-refractivity contribution in [3.8, 4) is 0 Å². The molecule has 1 aromatic carbocycles. The van der Waals surface area contributed by atoms with E-state index in [1.165, 1.54) is 22.2 Å². The van der Waals surface area contributed by atoms with Crippen LogP contribution >= 0.6 is 11.3 Å². The van der Waals surface area contributed by atoms with Gasteiger partial charge in [-0.25, -0.2) is 4.98 Å². The number of hydrogen-bond donors (Lipinski definition) is 2. The van der Waals surface area contributed by atoms with E-state index in [1.54, 1.807) is 11.3 Å². The van der Waals surface area contributed by atoms with E-state index in [0.29, 0.717) is 0 Å². The second-order valence-corrected chi connectivity index (χ2v) is 5.75. The number of H-pyrrole nitrogens is 1. The Morgan fingerprint density at radius 2 is 2.26 bits per heavy atom. The van der Waals surface area contributed by atoms with Crippen LogP contribution in [0.1, 0.15) is 16.3 Å². The van der Waals surface area contributed by atoms with Crippen molar-refractivity contribution in [1.29, 1.82) is 0 Å². The number of benzene rings is 1. The molecular weight excluding hydrogens is 254 g/mol. The Hall–Kier alpha value is -1.65. The Morgan fingerprint density at radius 1 is 1.32 bits per heavy atom. The molecule has 3 nitrogen and oxygen atoms in total. The molecule has 98 valence electrons. The largest absolute Gasteiger partial charge is 0.361 e. The van der Waals surface area contributed by atoms with Gasteiger partial charge in [-0.15, -0.1) is 11.3 Å². The molecule has 2 heterocycles. The molecule has 4 heteroatoms. The van der Waals surface area contributed by atoms with Crippen LogP contribution in [0.5, 0.6) is 0 Å². The average molecular weight is 271 g/mol. The minimum absolute atomic E-state index is 0.907. The van der Waals surface area contributed by atoms with E-state index in [4.69, 9.17) is 0 Å². The molecule has 0 bridgehead atoms. The average Bonchev–Trinajstić information content (AvgIpc) is 3.03. The lowest BCUT2D eigenvalue weighted by Crippen LogP contribution is -2.16. The predicted molar refractivity (Wildman–Crippen MR) is 80.6 cm³/mol. The van der Waals surface area contributed by atoms with Gasteiger partial charge in [0.2, 0.25) is 0 Å². The Morgan fingerprint density at radius 3 is 3.11 bits per heavy atom. The molecular formula is C15H17N3S. The Labute approximate surface area is 116 Å². The van der Waals surface area contributed by atoms with Crippen LogP contribution in [0.15, 0.2) is 35.8 Å². The van der Waals surface area contributed by atoms with E-state index in [-0.39, 0.29) is 0 Å². The minimum atomic E-state index is 0.907. The first-order chi connectivity index (χ1) is 9.31. The second kappa shape index (κ2) is 5.55. The molecule has 0 saturated carbocycles. The lowest BCUT2D eigenvalue weighted by Gasteiger charge is -2.04. The number of thiazole rings is 1. The molecule has 2 N–H and O–H groups in total. The van der Waals surface area contributed by atoms with Crippen molar-refractivity contribution >= 4 is 22.2 Å². The monoisotopic (exact) mass is 271 g/mol. The van der Waals surface area contributed by atoms with E-state index in [2.05, 4.69) is 44.9 Å². The van der Waals surface area contributed by atoms with Gasteiger partial charge in [-0.3, -0.25) is 0 Å². The van der Waals surface area contributed by atoms with Crippen LogP contribution in [0.2, 0.25) is 0 Å². The molecule has 0 radical (unpaired) electrons. The third kappa shape index (κ3) is 3.03. The highest BCUT2D eigenvalue weighted by molar-refractivity contribution is 7.09. The summed E-state index contributed by atoms with van der Waals surface area (Å²) in [6, 6.07) is 8.64. The summed E-state index contributed by atoms with van der Waals surface area (Å²) in [6.45, 7) is 3.92. The molecule has 0 unspecified atom stereocenters. The van der Waals surface area contributed by atoms with Crippen LogP contribution in [-0.2, 0) is 13.0 Å². The van der Waals surface area contributed by atoms with E-state index in [0.717, 1.165) is 24.5 Å². The summed E-state index contributed by atoms with van der Waals surface area (Å²) in [6.07, 6.45) is 2.98. The highest BCUT2D eigenvalue weighted by Crippen LogP contribution is 2.14. The van der Waals surface area contributed by atoms with Crippen LogP contribution in [0.3, 0.4) is 0 Å². The molecule has 2 aromatic heterocycles. The lowest BCUT2D eigenvalue weighted by molar-refractivity contribution is 0.681. The first-order valence-electron chi connectivity index (χ1n) is 6.49. The Kier molecular flexibility index (Phi) is 3.62. The van der Waals surface area contributed by atoms with Crippen molar-refractivity contribution in [3.63, 3.8) is 0 Å². The number of nitrogens with zero attached hydrogens (tertiary/aromatic N) is 1. The molecule has 0 atom stereocenters. The van der Waals surface area contributed by atoms with Gasteiger partial charge in [0, 0.05) is 36.6 Å². The molecule has 0 amide bonds. The number of hydrogen-bond acceptors (Lipinski definition) is 3. The van der Waals surface area contributed by atoms with Gasteiger partial charge in [-0.1, -0.05) is 6.07 Å². The Balaban J connectivity index is 1.51. The summed E-state index contributed by atoms with van der Waals surface area (Å²) in [5.74, 6) is 0. The third-order valence-corrected chi connectivity index (χ3v) is 3.99. The van der Waals surface area contributed by atoms with Gasteiger partial charge < -0.3 is 10.3 Å². The molecule has 0 aliphatic heterocycles. The van der Waals surface area contributed by atoms with Crippen molar-refractivity contribution in [2.45, 2.75) is 19.9 Å². The van der Waals surface area contributed by atoms with Crippen LogP contribution in [0.25, 0.3) is 10.9 Å². The number of aromatic amines is 1. The summed E-state index contributed by atoms with van der Waals surface area (Å²) in [5.41, 5.74) is 3.71. The summed E-state index contributed by atoms with van der Waals surface area (Å²) in [5, 5.41) is 8.03. The number of fused-ring (bicyclic) bond motifs is 1. The van der Waals surface area contributed by atoms with Gasteiger partial charge in [0.15, 0.2) is 0 Å². The topological polar surface area (TPSA) is 40.7 Å². The van der Waals surface area contributed by atoms with Crippen molar-refractivity contribution in [2.24, 2.45) is 0 Å². The van der Waals surface area contributed by atoms with Crippen molar-refractivity contribution < 1.29 is 0 Å².